The average Bonchev–Trinajstić information content (AvgIpc) is 3.64. The maximum absolute atomic E-state index is 14.5. The van der Waals surface area contributed by atoms with Crippen molar-refractivity contribution in [1.29, 1.82) is 0 Å². The number of esters is 4. The van der Waals surface area contributed by atoms with Crippen LogP contribution < -0.4 is 0 Å². The SMILES string of the molecule is C[C@@H]1C(=O)O[C@H]2[C@H](O)C34C(OC(=O)c5ccccc5)[C@@H]5OC(=O)[C@]3(O[C@@H]3OC(=O)[C@H](OCc6ccccc6)C34C5C(C)(C)C)[C@@]12O. The van der Waals surface area contributed by atoms with Crippen LogP contribution in [0.4, 0.5) is 0 Å². The standard InChI is InChI=1S/C34H34O12/c1-16-25(36)44-23-21(35)32-22(43-26(37)18-13-9-6-10-14-18)19-20(30(2,3)4)31(32)24(41-15-17-11-7-5-8-12-17)27(38)45-29(31)46-34(32,28(39)42-19)33(16,23)40/h5-14,16,19-24,29,35,40H,15H2,1-4H3/t16-,19-,20?,21+,22?,23+,24+,29+,31?,32?,33-,34-/m1/s1. The molecule has 0 radical (unpaired) electrons. The van der Waals surface area contributed by atoms with Crippen LogP contribution in [0.25, 0.3) is 0 Å². The molecule has 0 aromatic heterocycles. The zero-order chi connectivity index (χ0) is 32.6. The van der Waals surface area contributed by atoms with E-state index >= 15 is 0 Å². The smallest absolute Gasteiger partial charge is 0.343 e. The van der Waals surface area contributed by atoms with E-state index in [1.807, 2.05) is 51.1 Å². The van der Waals surface area contributed by atoms with E-state index in [0.717, 1.165) is 5.56 Å². The van der Waals surface area contributed by atoms with Gasteiger partial charge in [0.2, 0.25) is 11.9 Å². The maximum atomic E-state index is 14.5. The van der Waals surface area contributed by atoms with Crippen LogP contribution in [0.2, 0.25) is 0 Å². The van der Waals surface area contributed by atoms with Crippen molar-refractivity contribution < 1.29 is 57.8 Å². The molecular weight excluding hydrogens is 600 g/mol. The van der Waals surface area contributed by atoms with Gasteiger partial charge in [0.05, 0.1) is 28.9 Å². The first-order valence-corrected chi connectivity index (χ1v) is 15.4. The van der Waals surface area contributed by atoms with Crippen molar-refractivity contribution in [1.82, 2.24) is 0 Å². The Bertz CT molecular complexity index is 1650. The monoisotopic (exact) mass is 634 g/mol. The molecule has 2 N–H and O–H groups in total. The molecular formula is C34H34O12. The van der Waals surface area contributed by atoms with E-state index in [4.69, 9.17) is 28.4 Å². The largest absolute Gasteiger partial charge is 0.456 e. The third kappa shape index (κ3) is 3.00. The Labute approximate surface area is 263 Å². The average molecular weight is 635 g/mol. The molecule has 46 heavy (non-hydrogen) atoms. The summed E-state index contributed by atoms with van der Waals surface area (Å²) in [6.07, 6.45) is -9.33. The van der Waals surface area contributed by atoms with Crippen LogP contribution in [0.3, 0.4) is 0 Å². The quantitative estimate of drug-likeness (QED) is 0.362. The Morgan fingerprint density at radius 3 is 2.24 bits per heavy atom. The van der Waals surface area contributed by atoms with Crippen LogP contribution in [-0.2, 0) is 49.4 Å². The first kappa shape index (κ1) is 29.6. The van der Waals surface area contributed by atoms with Gasteiger partial charge in [0.15, 0.2) is 23.9 Å². The Kier molecular flexibility index (Phi) is 5.88. The van der Waals surface area contributed by atoms with Gasteiger partial charge in [0.1, 0.15) is 12.2 Å². The second-order valence-electron chi connectivity index (χ2n) is 14.3. The lowest BCUT2D eigenvalue weighted by Crippen LogP contribution is -2.74. The number of carbonyl (C=O) groups excluding carboxylic acids is 4. The van der Waals surface area contributed by atoms with Gasteiger partial charge in [-0.05, 0) is 30.0 Å². The summed E-state index contributed by atoms with van der Waals surface area (Å²) in [6, 6.07) is 17.2. The van der Waals surface area contributed by atoms with Crippen LogP contribution >= 0.6 is 0 Å². The summed E-state index contributed by atoms with van der Waals surface area (Å²) in [7, 11) is 0. The fourth-order valence-corrected chi connectivity index (χ4v) is 10.1. The van der Waals surface area contributed by atoms with Crippen molar-refractivity contribution in [2.24, 2.45) is 28.1 Å². The number of fused-ring (bicyclic) bond motifs is 2. The molecule has 4 heterocycles. The van der Waals surface area contributed by atoms with Gasteiger partial charge in [-0.3, -0.25) is 4.79 Å². The van der Waals surface area contributed by atoms with Crippen molar-refractivity contribution in [3.8, 4) is 0 Å². The highest BCUT2D eigenvalue weighted by Crippen LogP contribution is 2.84. The second kappa shape index (κ2) is 9.15. The number of ether oxygens (including phenoxy) is 6. The minimum atomic E-state index is -2.56. The van der Waals surface area contributed by atoms with Crippen molar-refractivity contribution >= 4 is 23.9 Å². The topological polar surface area (TPSA) is 164 Å². The Morgan fingerprint density at radius 2 is 1.59 bits per heavy atom. The van der Waals surface area contributed by atoms with Gasteiger partial charge in [-0.2, -0.15) is 0 Å². The van der Waals surface area contributed by atoms with Gasteiger partial charge in [0.25, 0.3) is 0 Å². The van der Waals surface area contributed by atoms with Crippen molar-refractivity contribution in [3.63, 3.8) is 0 Å². The molecule has 2 aromatic carbocycles. The molecule has 2 saturated carbocycles. The van der Waals surface area contributed by atoms with Crippen LogP contribution in [-0.4, -0.2) is 82.1 Å². The molecule has 2 spiro atoms. The number of aliphatic hydroxyl groups excluding tert-OH is 1. The fourth-order valence-electron chi connectivity index (χ4n) is 10.1. The van der Waals surface area contributed by atoms with Crippen LogP contribution in [0.15, 0.2) is 60.7 Å². The number of aliphatic hydroxyl groups is 2. The van der Waals surface area contributed by atoms with Gasteiger partial charge >= 0.3 is 23.9 Å². The zero-order valence-electron chi connectivity index (χ0n) is 25.6. The number of hydrogen-bond acceptors (Lipinski definition) is 12. The highest BCUT2D eigenvalue weighted by Gasteiger charge is 3.05. The Balaban J connectivity index is 1.40. The fraction of sp³-hybridized carbons (Fsp3) is 0.529. The third-order valence-electron chi connectivity index (χ3n) is 11.4. The molecule has 2 aromatic rings. The van der Waals surface area contributed by atoms with Crippen molar-refractivity contribution in [2.45, 2.75) is 82.3 Å². The zero-order valence-corrected chi connectivity index (χ0v) is 25.6. The van der Waals surface area contributed by atoms with Crippen molar-refractivity contribution in [3.05, 3.63) is 71.8 Å². The second-order valence-corrected chi connectivity index (χ2v) is 14.3. The molecule has 12 atom stereocenters. The highest BCUT2D eigenvalue weighted by atomic mass is 16.8. The van der Waals surface area contributed by atoms with Gasteiger partial charge in [0, 0.05) is 5.92 Å². The molecule has 4 saturated heterocycles. The minimum Gasteiger partial charge on any atom is -0.456 e. The summed E-state index contributed by atoms with van der Waals surface area (Å²) in [5.74, 6) is -5.83. The number of carbonyl (C=O) groups is 4. The molecule has 12 heteroatoms. The highest BCUT2D eigenvalue weighted by molar-refractivity contribution is 5.94. The van der Waals surface area contributed by atoms with Gasteiger partial charge in [-0.1, -0.05) is 69.3 Å². The van der Waals surface area contributed by atoms with E-state index in [1.54, 1.807) is 30.3 Å². The summed E-state index contributed by atoms with van der Waals surface area (Å²) < 4.78 is 36.9. The summed E-state index contributed by atoms with van der Waals surface area (Å²) in [5.41, 5.74) is -8.89. The Hall–Kier alpha value is -3.84. The number of hydrogen-bond donors (Lipinski definition) is 2. The van der Waals surface area contributed by atoms with E-state index in [2.05, 4.69) is 0 Å². The van der Waals surface area contributed by atoms with Crippen molar-refractivity contribution in [2.75, 3.05) is 0 Å². The molecule has 2 aliphatic carbocycles. The molecule has 8 rings (SSSR count). The predicted molar refractivity (Wildman–Crippen MR) is 152 cm³/mol. The van der Waals surface area contributed by atoms with E-state index in [1.165, 1.54) is 6.92 Å². The lowest BCUT2D eigenvalue weighted by molar-refractivity contribution is -0.281. The molecule has 4 aliphatic heterocycles. The van der Waals surface area contributed by atoms with Crippen LogP contribution in [0.1, 0.15) is 43.6 Å². The Morgan fingerprint density at radius 1 is 0.935 bits per heavy atom. The maximum Gasteiger partial charge on any atom is 0.343 e. The van der Waals surface area contributed by atoms with Crippen LogP contribution in [0.5, 0.6) is 0 Å². The first-order valence-electron chi connectivity index (χ1n) is 15.4. The van der Waals surface area contributed by atoms with E-state index < -0.39 is 100.0 Å². The molecule has 4 unspecified atom stereocenters. The first-order chi connectivity index (χ1) is 21.8. The van der Waals surface area contributed by atoms with Crippen LogP contribution in [0, 0.1) is 28.1 Å². The number of rotatable bonds is 5. The molecule has 6 fully saturated rings. The molecule has 12 nitrogen and oxygen atoms in total. The molecule has 242 valence electrons. The van der Waals surface area contributed by atoms with Gasteiger partial charge < -0.3 is 38.6 Å². The summed E-state index contributed by atoms with van der Waals surface area (Å²) in [4.78, 5) is 55.3. The number of benzene rings is 2. The lowest BCUT2D eigenvalue weighted by Gasteiger charge is -2.51. The van der Waals surface area contributed by atoms with Gasteiger partial charge in [-0.25, -0.2) is 14.4 Å². The molecule has 0 amide bonds. The lowest BCUT2D eigenvalue weighted by atomic mass is 9.50. The summed E-state index contributed by atoms with van der Waals surface area (Å²) >= 11 is 0. The predicted octanol–water partition coefficient (Wildman–Crippen LogP) is 1.69. The normalized spacial score (nSPS) is 44.6. The minimum absolute atomic E-state index is 0.0574. The van der Waals surface area contributed by atoms with Gasteiger partial charge in [-0.15, -0.1) is 0 Å². The summed E-state index contributed by atoms with van der Waals surface area (Å²) in [6.45, 7) is 6.89. The third-order valence-corrected chi connectivity index (χ3v) is 11.4. The molecule has 2 bridgehead atoms. The van der Waals surface area contributed by atoms with E-state index in [-0.39, 0.29) is 12.2 Å². The van der Waals surface area contributed by atoms with E-state index in [0.29, 0.717) is 0 Å². The van der Waals surface area contributed by atoms with E-state index in [9.17, 15) is 29.4 Å². The molecule has 6 aliphatic rings. The summed E-state index contributed by atoms with van der Waals surface area (Å²) in [5, 5.41) is 25.2.